The second kappa shape index (κ2) is 15.9. The number of rotatable bonds is 12. The lowest BCUT2D eigenvalue weighted by molar-refractivity contribution is 0.0594. The second-order valence-corrected chi connectivity index (χ2v) is 12.6. The van der Waals surface area contributed by atoms with E-state index in [1.807, 2.05) is 38.3 Å². The van der Waals surface area contributed by atoms with Gasteiger partial charge < -0.3 is 31.2 Å². The molecule has 0 unspecified atom stereocenters. The zero-order valence-corrected chi connectivity index (χ0v) is 29.0. The van der Waals surface area contributed by atoms with Gasteiger partial charge in [0.15, 0.2) is 5.69 Å². The molecule has 12 heteroatoms. The Morgan fingerprint density at radius 3 is 2.45 bits per heavy atom. The van der Waals surface area contributed by atoms with Gasteiger partial charge in [-0.25, -0.2) is 9.78 Å². The molecule has 2 aromatic heterocycles. The number of amides is 3. The van der Waals surface area contributed by atoms with Gasteiger partial charge in [0, 0.05) is 53.2 Å². The predicted octanol–water partition coefficient (Wildman–Crippen LogP) is 5.89. The van der Waals surface area contributed by atoms with Gasteiger partial charge in [-0.2, -0.15) is 0 Å². The SMILES string of the molecule is CCCCNC(=O)c1cc(CN)cc(C)c1NC(=O)c1cc2c(cc1-c1ccc(C(=O)NCCC)nc1C(=O)OC)OCCc1ccsc1-2. The first-order valence-corrected chi connectivity index (χ1v) is 17.3. The molecule has 0 fully saturated rings. The largest absolute Gasteiger partial charge is 0.493 e. The van der Waals surface area contributed by atoms with Crippen molar-refractivity contribution in [2.75, 3.05) is 32.1 Å². The Morgan fingerprint density at radius 1 is 0.918 bits per heavy atom. The summed E-state index contributed by atoms with van der Waals surface area (Å²) in [5, 5.41) is 10.7. The minimum atomic E-state index is -0.776. The summed E-state index contributed by atoms with van der Waals surface area (Å²) in [6, 6.07) is 12.1. The topological polar surface area (TPSA) is 162 Å². The lowest BCUT2D eigenvalue weighted by Gasteiger charge is -2.19. The predicted molar refractivity (Wildman–Crippen MR) is 190 cm³/mol. The number of ether oxygens (including phenoxy) is 2. The summed E-state index contributed by atoms with van der Waals surface area (Å²) in [6.45, 7) is 7.35. The number of methoxy groups -OCH3 is 1. The number of hydrogen-bond acceptors (Lipinski definition) is 9. The molecule has 1 aliphatic heterocycles. The number of benzene rings is 2. The molecular formula is C37H41N5O6S. The van der Waals surface area contributed by atoms with Crippen molar-refractivity contribution < 1.29 is 28.7 Å². The highest BCUT2D eigenvalue weighted by Crippen LogP contribution is 2.43. The average Bonchev–Trinajstić information content (AvgIpc) is 3.51. The van der Waals surface area contributed by atoms with Gasteiger partial charge in [-0.1, -0.05) is 26.3 Å². The van der Waals surface area contributed by atoms with Crippen LogP contribution in [0.1, 0.15) is 91.5 Å². The number of nitrogens with zero attached hydrogens (tertiary/aromatic N) is 1. The van der Waals surface area contributed by atoms with Crippen LogP contribution < -0.4 is 26.4 Å². The zero-order chi connectivity index (χ0) is 35.1. The highest BCUT2D eigenvalue weighted by atomic mass is 32.1. The number of carbonyl (C=O) groups is 4. The first-order valence-electron chi connectivity index (χ1n) is 16.4. The van der Waals surface area contributed by atoms with Gasteiger partial charge in [0.1, 0.15) is 11.4 Å². The number of pyridine rings is 1. The van der Waals surface area contributed by atoms with E-state index in [1.54, 1.807) is 35.6 Å². The number of hydrogen-bond donors (Lipinski definition) is 4. The monoisotopic (exact) mass is 683 g/mol. The summed E-state index contributed by atoms with van der Waals surface area (Å²) in [7, 11) is 1.23. The van der Waals surface area contributed by atoms with E-state index in [2.05, 4.69) is 20.9 Å². The third-order valence-corrected chi connectivity index (χ3v) is 9.24. The third-order valence-electron chi connectivity index (χ3n) is 8.25. The number of nitrogens with two attached hydrogens (primary N) is 1. The average molecular weight is 684 g/mol. The van der Waals surface area contributed by atoms with E-state index in [1.165, 1.54) is 13.2 Å². The maximum Gasteiger partial charge on any atom is 0.357 e. The summed E-state index contributed by atoms with van der Waals surface area (Å²) >= 11 is 1.55. The molecule has 4 aromatic rings. The quantitative estimate of drug-likeness (QED) is 0.106. The van der Waals surface area contributed by atoms with E-state index in [0.29, 0.717) is 54.2 Å². The van der Waals surface area contributed by atoms with Crippen LogP contribution >= 0.6 is 11.3 Å². The maximum absolute atomic E-state index is 14.5. The fourth-order valence-corrected chi connectivity index (χ4v) is 6.67. The van der Waals surface area contributed by atoms with Crippen LogP contribution in [0.25, 0.3) is 21.6 Å². The molecule has 1 aliphatic rings. The van der Waals surface area contributed by atoms with E-state index >= 15 is 0 Å². The lowest BCUT2D eigenvalue weighted by Crippen LogP contribution is -2.27. The zero-order valence-electron chi connectivity index (χ0n) is 28.2. The van der Waals surface area contributed by atoms with Gasteiger partial charge in [-0.3, -0.25) is 14.4 Å². The number of fused-ring (bicyclic) bond motifs is 3. The maximum atomic E-state index is 14.5. The normalized spacial score (nSPS) is 11.8. The van der Waals surface area contributed by atoms with Crippen molar-refractivity contribution in [2.45, 2.75) is 53.0 Å². The molecule has 0 spiro atoms. The minimum Gasteiger partial charge on any atom is -0.493 e. The molecule has 0 aliphatic carbocycles. The van der Waals surface area contributed by atoms with Crippen molar-refractivity contribution in [1.29, 1.82) is 0 Å². The molecule has 5 N–H and O–H groups in total. The van der Waals surface area contributed by atoms with E-state index in [-0.39, 0.29) is 35.0 Å². The van der Waals surface area contributed by atoms with Gasteiger partial charge >= 0.3 is 5.97 Å². The number of thiophene rings is 1. The molecule has 256 valence electrons. The summed E-state index contributed by atoms with van der Waals surface area (Å²) in [5.74, 6) is -1.52. The number of aromatic nitrogens is 1. The van der Waals surface area contributed by atoms with Gasteiger partial charge in [0.05, 0.1) is 25.0 Å². The fraction of sp³-hybridized carbons (Fsp3) is 0.324. The van der Waals surface area contributed by atoms with E-state index < -0.39 is 17.8 Å². The van der Waals surface area contributed by atoms with E-state index in [0.717, 1.165) is 40.8 Å². The summed E-state index contributed by atoms with van der Waals surface area (Å²) in [5.41, 5.74) is 10.6. The van der Waals surface area contributed by atoms with Crippen LogP contribution in [0.2, 0.25) is 0 Å². The van der Waals surface area contributed by atoms with Crippen molar-refractivity contribution in [3.05, 3.63) is 87.0 Å². The Balaban J connectivity index is 1.68. The first-order chi connectivity index (χ1) is 23.7. The third kappa shape index (κ3) is 7.65. The van der Waals surface area contributed by atoms with Crippen LogP contribution in [-0.2, 0) is 17.7 Å². The number of esters is 1. The van der Waals surface area contributed by atoms with Crippen molar-refractivity contribution >= 4 is 40.7 Å². The van der Waals surface area contributed by atoms with Crippen LogP contribution in [0.4, 0.5) is 5.69 Å². The summed E-state index contributed by atoms with van der Waals surface area (Å²) in [6.07, 6.45) is 3.13. The van der Waals surface area contributed by atoms with Gasteiger partial charge in [0.2, 0.25) is 0 Å². The molecule has 0 bridgehead atoms. The van der Waals surface area contributed by atoms with Crippen LogP contribution in [0.5, 0.6) is 5.75 Å². The molecule has 0 atom stereocenters. The summed E-state index contributed by atoms with van der Waals surface area (Å²) < 4.78 is 11.3. The Hall–Kier alpha value is -5.07. The van der Waals surface area contributed by atoms with Crippen molar-refractivity contribution in [3.8, 4) is 27.3 Å². The molecule has 5 rings (SSSR count). The van der Waals surface area contributed by atoms with Crippen LogP contribution in [0.15, 0.2) is 47.8 Å². The van der Waals surface area contributed by atoms with Gasteiger partial charge in [-0.05, 0) is 78.2 Å². The van der Waals surface area contributed by atoms with Crippen molar-refractivity contribution in [3.63, 3.8) is 0 Å². The molecule has 0 saturated carbocycles. The Bertz CT molecular complexity index is 1900. The fourth-order valence-electron chi connectivity index (χ4n) is 5.69. The number of unbranched alkanes of at least 4 members (excludes halogenated alkanes) is 1. The van der Waals surface area contributed by atoms with Gasteiger partial charge in [-0.15, -0.1) is 11.3 Å². The Labute approximate surface area is 289 Å². The summed E-state index contributed by atoms with van der Waals surface area (Å²) in [4.78, 5) is 59.3. The van der Waals surface area contributed by atoms with Crippen LogP contribution in [0, 0.1) is 6.92 Å². The van der Waals surface area contributed by atoms with Crippen molar-refractivity contribution in [2.24, 2.45) is 5.73 Å². The minimum absolute atomic E-state index is 0.0344. The Morgan fingerprint density at radius 2 is 1.71 bits per heavy atom. The van der Waals surface area contributed by atoms with E-state index in [4.69, 9.17) is 15.2 Å². The standard InChI is InChI=1S/C37H41N5O6S/c1-5-7-13-40-34(43)28-17-22(20-38)16-21(3)31(28)42-35(44)26-18-27-30(48-14-10-23-11-15-49-33(23)27)19-25(26)24-8-9-29(36(45)39-12-6-2)41-32(24)37(46)47-4/h8-9,11,15-19H,5-7,10,12-14,20,38H2,1-4H3,(H,39,45)(H,40,43)(H,42,44). The van der Waals surface area contributed by atoms with Gasteiger partial charge in [0.25, 0.3) is 17.7 Å². The lowest BCUT2D eigenvalue weighted by atomic mass is 9.93. The molecule has 3 amide bonds. The van der Waals surface area contributed by atoms with E-state index in [9.17, 15) is 19.2 Å². The number of carbonyl (C=O) groups excluding carboxylic acids is 4. The Kier molecular flexibility index (Phi) is 11.4. The molecule has 2 aromatic carbocycles. The van der Waals surface area contributed by atoms with Crippen molar-refractivity contribution in [1.82, 2.24) is 15.6 Å². The molecule has 11 nitrogen and oxygen atoms in total. The molecule has 0 radical (unpaired) electrons. The number of anilines is 1. The highest BCUT2D eigenvalue weighted by molar-refractivity contribution is 7.13. The van der Waals surface area contributed by atoms with Crippen LogP contribution in [-0.4, -0.2) is 55.5 Å². The second-order valence-electron chi connectivity index (χ2n) is 11.7. The first kappa shape index (κ1) is 35.2. The number of aryl methyl sites for hydroxylation is 1. The molecule has 0 saturated heterocycles. The molecule has 49 heavy (non-hydrogen) atoms. The highest BCUT2D eigenvalue weighted by Gasteiger charge is 2.28. The van der Waals surface area contributed by atoms with Crippen LogP contribution in [0.3, 0.4) is 0 Å². The number of nitrogens with one attached hydrogen (secondary N) is 3. The molecular weight excluding hydrogens is 643 g/mol. The molecule has 3 heterocycles. The smallest absolute Gasteiger partial charge is 0.357 e.